The molecule has 1 aliphatic heterocycles. The predicted molar refractivity (Wildman–Crippen MR) is 66.9 cm³/mol. The predicted octanol–water partition coefficient (Wildman–Crippen LogP) is 0.733. The molecule has 1 aromatic rings. The Kier molecular flexibility index (Phi) is 3.58. The summed E-state index contributed by atoms with van der Waals surface area (Å²) in [6.07, 6.45) is 3.72. The minimum absolute atomic E-state index is 0.347. The van der Waals surface area contributed by atoms with Crippen LogP contribution < -0.4 is 16.4 Å². The highest BCUT2D eigenvalue weighted by Gasteiger charge is 2.20. The minimum Gasteiger partial charge on any atom is -0.367 e. The highest BCUT2D eigenvalue weighted by atomic mass is 16.1. The molecule has 1 fully saturated rings. The summed E-state index contributed by atoms with van der Waals surface area (Å²) in [5.74, 6) is 0.154. The van der Waals surface area contributed by atoms with Gasteiger partial charge in [-0.05, 0) is 38.4 Å². The van der Waals surface area contributed by atoms with Gasteiger partial charge in [-0.25, -0.2) is 4.98 Å². The van der Waals surface area contributed by atoms with E-state index in [9.17, 15) is 4.79 Å². The Balaban J connectivity index is 2.10. The molecular weight excluding hydrogens is 216 g/mol. The van der Waals surface area contributed by atoms with Gasteiger partial charge in [0.1, 0.15) is 5.82 Å². The van der Waals surface area contributed by atoms with Crippen LogP contribution in [-0.2, 0) is 0 Å². The Morgan fingerprint density at radius 2 is 2.47 bits per heavy atom. The maximum absolute atomic E-state index is 11.3. The SMILES string of the molecule is CC1CC(Nc2ncccc2C(N)=O)CCN1. The highest BCUT2D eigenvalue weighted by Crippen LogP contribution is 2.17. The van der Waals surface area contributed by atoms with Crippen LogP contribution in [0, 0.1) is 0 Å². The maximum atomic E-state index is 11.3. The first-order chi connectivity index (χ1) is 8.16. The van der Waals surface area contributed by atoms with Crippen molar-refractivity contribution in [1.29, 1.82) is 0 Å². The second-order valence-electron chi connectivity index (χ2n) is 4.48. The monoisotopic (exact) mass is 234 g/mol. The number of aromatic nitrogens is 1. The number of pyridine rings is 1. The van der Waals surface area contributed by atoms with E-state index in [1.807, 2.05) is 0 Å². The van der Waals surface area contributed by atoms with Gasteiger partial charge in [0, 0.05) is 18.3 Å². The molecule has 2 rings (SSSR count). The fourth-order valence-electron chi connectivity index (χ4n) is 2.18. The van der Waals surface area contributed by atoms with Gasteiger partial charge in [-0.2, -0.15) is 0 Å². The summed E-state index contributed by atoms with van der Waals surface area (Å²) in [6, 6.07) is 4.25. The lowest BCUT2D eigenvalue weighted by atomic mass is 10.0. The third-order valence-corrected chi connectivity index (χ3v) is 3.04. The molecule has 1 saturated heterocycles. The largest absolute Gasteiger partial charge is 0.367 e. The molecule has 2 heterocycles. The molecule has 0 aliphatic carbocycles. The number of nitrogens with two attached hydrogens (primary N) is 1. The van der Waals surface area contributed by atoms with Crippen LogP contribution in [0.3, 0.4) is 0 Å². The molecule has 0 spiro atoms. The molecule has 0 radical (unpaired) electrons. The van der Waals surface area contributed by atoms with E-state index < -0.39 is 5.91 Å². The summed E-state index contributed by atoms with van der Waals surface area (Å²) in [4.78, 5) is 15.4. The zero-order valence-electron chi connectivity index (χ0n) is 9.94. The number of rotatable bonds is 3. The molecule has 4 N–H and O–H groups in total. The van der Waals surface area contributed by atoms with Crippen LogP contribution in [-0.4, -0.2) is 29.5 Å². The van der Waals surface area contributed by atoms with Crippen LogP contribution >= 0.6 is 0 Å². The van der Waals surface area contributed by atoms with Gasteiger partial charge < -0.3 is 16.4 Å². The smallest absolute Gasteiger partial charge is 0.252 e. The second kappa shape index (κ2) is 5.14. The summed E-state index contributed by atoms with van der Waals surface area (Å²) in [5, 5.41) is 6.69. The third-order valence-electron chi connectivity index (χ3n) is 3.04. The molecule has 5 heteroatoms. The highest BCUT2D eigenvalue weighted by molar-refractivity contribution is 5.97. The van der Waals surface area contributed by atoms with E-state index in [0.29, 0.717) is 23.5 Å². The summed E-state index contributed by atoms with van der Waals surface area (Å²) in [7, 11) is 0. The average Bonchev–Trinajstić information content (AvgIpc) is 2.29. The maximum Gasteiger partial charge on any atom is 0.252 e. The molecule has 2 atom stereocenters. The fraction of sp³-hybridized carbons (Fsp3) is 0.500. The van der Waals surface area contributed by atoms with Crippen molar-refractivity contribution in [2.45, 2.75) is 31.8 Å². The van der Waals surface area contributed by atoms with Crippen LogP contribution in [0.2, 0.25) is 0 Å². The molecule has 1 aromatic heterocycles. The number of hydrogen-bond donors (Lipinski definition) is 3. The fourth-order valence-corrected chi connectivity index (χ4v) is 2.18. The first-order valence-electron chi connectivity index (χ1n) is 5.91. The topological polar surface area (TPSA) is 80.0 Å². The average molecular weight is 234 g/mol. The lowest BCUT2D eigenvalue weighted by Crippen LogP contribution is -2.41. The lowest BCUT2D eigenvalue weighted by molar-refractivity contribution is 0.100. The Labute approximate surface area is 101 Å². The van der Waals surface area contributed by atoms with E-state index in [4.69, 9.17) is 5.73 Å². The quantitative estimate of drug-likeness (QED) is 0.720. The Morgan fingerprint density at radius 3 is 3.18 bits per heavy atom. The summed E-state index contributed by atoms with van der Waals surface area (Å²) >= 11 is 0. The number of nitrogens with one attached hydrogen (secondary N) is 2. The summed E-state index contributed by atoms with van der Waals surface area (Å²) in [5.41, 5.74) is 5.77. The van der Waals surface area contributed by atoms with Crippen molar-refractivity contribution in [3.63, 3.8) is 0 Å². The number of hydrogen-bond acceptors (Lipinski definition) is 4. The first kappa shape index (κ1) is 11.9. The Hall–Kier alpha value is -1.62. The van der Waals surface area contributed by atoms with E-state index in [1.165, 1.54) is 0 Å². The number of amides is 1. The molecule has 1 aliphatic rings. The van der Waals surface area contributed by atoms with Gasteiger partial charge in [-0.1, -0.05) is 0 Å². The number of nitrogens with zero attached hydrogens (tertiary/aromatic N) is 1. The number of piperidine rings is 1. The summed E-state index contributed by atoms with van der Waals surface area (Å²) < 4.78 is 0. The zero-order chi connectivity index (χ0) is 12.3. The van der Waals surface area contributed by atoms with Gasteiger partial charge in [0.25, 0.3) is 5.91 Å². The Bertz CT molecular complexity index is 407. The minimum atomic E-state index is -0.442. The first-order valence-corrected chi connectivity index (χ1v) is 5.91. The van der Waals surface area contributed by atoms with E-state index >= 15 is 0 Å². The van der Waals surface area contributed by atoms with Gasteiger partial charge in [-0.3, -0.25) is 4.79 Å². The van der Waals surface area contributed by atoms with Gasteiger partial charge in [0.2, 0.25) is 0 Å². The second-order valence-corrected chi connectivity index (χ2v) is 4.48. The van der Waals surface area contributed by atoms with E-state index in [2.05, 4.69) is 22.5 Å². The van der Waals surface area contributed by atoms with Crippen molar-refractivity contribution < 1.29 is 4.79 Å². The van der Waals surface area contributed by atoms with Gasteiger partial charge in [0.05, 0.1) is 5.56 Å². The lowest BCUT2D eigenvalue weighted by Gasteiger charge is -2.29. The van der Waals surface area contributed by atoms with Crippen LogP contribution in [0.15, 0.2) is 18.3 Å². The van der Waals surface area contributed by atoms with Gasteiger partial charge in [-0.15, -0.1) is 0 Å². The van der Waals surface area contributed by atoms with Crippen molar-refractivity contribution in [2.24, 2.45) is 5.73 Å². The van der Waals surface area contributed by atoms with Crippen LogP contribution in [0.25, 0.3) is 0 Å². The van der Waals surface area contributed by atoms with E-state index in [1.54, 1.807) is 18.3 Å². The molecule has 17 heavy (non-hydrogen) atoms. The van der Waals surface area contributed by atoms with Crippen LogP contribution in [0.5, 0.6) is 0 Å². The molecule has 0 bridgehead atoms. The summed E-state index contributed by atoms with van der Waals surface area (Å²) in [6.45, 7) is 3.14. The molecule has 0 aromatic carbocycles. The van der Waals surface area contributed by atoms with Crippen LogP contribution in [0.1, 0.15) is 30.1 Å². The molecular formula is C12H18N4O. The van der Waals surface area contributed by atoms with Gasteiger partial charge in [0.15, 0.2) is 0 Å². The van der Waals surface area contributed by atoms with Crippen LogP contribution in [0.4, 0.5) is 5.82 Å². The molecule has 92 valence electrons. The van der Waals surface area contributed by atoms with Crippen molar-refractivity contribution in [1.82, 2.24) is 10.3 Å². The van der Waals surface area contributed by atoms with E-state index in [-0.39, 0.29) is 0 Å². The molecule has 5 nitrogen and oxygen atoms in total. The van der Waals surface area contributed by atoms with Crippen molar-refractivity contribution >= 4 is 11.7 Å². The van der Waals surface area contributed by atoms with E-state index in [0.717, 1.165) is 19.4 Å². The van der Waals surface area contributed by atoms with Crippen molar-refractivity contribution in [3.8, 4) is 0 Å². The molecule has 0 saturated carbocycles. The van der Waals surface area contributed by atoms with Crippen molar-refractivity contribution in [3.05, 3.63) is 23.9 Å². The standard InChI is InChI=1S/C12H18N4O/c1-8-7-9(4-6-14-8)16-12-10(11(13)17)3-2-5-15-12/h2-3,5,8-9,14H,4,6-7H2,1H3,(H2,13,17)(H,15,16). The number of anilines is 1. The number of primary amides is 1. The normalized spacial score (nSPS) is 24.3. The van der Waals surface area contributed by atoms with Crippen molar-refractivity contribution in [2.75, 3.05) is 11.9 Å². The molecule has 2 unspecified atom stereocenters. The number of carbonyl (C=O) groups excluding carboxylic acids is 1. The number of carbonyl (C=O) groups is 1. The molecule has 1 amide bonds. The Morgan fingerprint density at radius 1 is 1.65 bits per heavy atom. The zero-order valence-corrected chi connectivity index (χ0v) is 9.94. The third kappa shape index (κ3) is 2.94. The van der Waals surface area contributed by atoms with Gasteiger partial charge >= 0.3 is 0 Å².